The molecule has 1 aromatic heterocycles. The van der Waals surface area contributed by atoms with E-state index < -0.39 is 0 Å². The van der Waals surface area contributed by atoms with E-state index in [-0.39, 0.29) is 0 Å². The van der Waals surface area contributed by atoms with Gasteiger partial charge in [-0.15, -0.1) is 10.2 Å². The summed E-state index contributed by atoms with van der Waals surface area (Å²) in [7, 11) is 0. The van der Waals surface area contributed by atoms with Gasteiger partial charge in [-0.05, 0) is 42.0 Å². The summed E-state index contributed by atoms with van der Waals surface area (Å²) in [6.45, 7) is 5.20. The molecule has 0 unspecified atom stereocenters. The van der Waals surface area contributed by atoms with E-state index in [9.17, 15) is 0 Å². The predicted molar refractivity (Wildman–Crippen MR) is 110 cm³/mol. The van der Waals surface area contributed by atoms with E-state index in [2.05, 4.69) is 67.8 Å². The highest BCUT2D eigenvalue weighted by Gasteiger charge is 2.17. The maximum atomic E-state index is 8.78. The maximum Gasteiger partial charge on any atom is 0.163 e. The average molecular weight is 370 g/mol. The van der Waals surface area contributed by atoms with Crippen LogP contribution in [0.1, 0.15) is 11.3 Å². The molecular weight excluding hydrogens is 348 g/mol. The highest BCUT2D eigenvalue weighted by molar-refractivity contribution is 5.60. The van der Waals surface area contributed by atoms with E-state index in [1.54, 1.807) is 12.1 Å². The summed E-state index contributed by atoms with van der Waals surface area (Å²) in [5.41, 5.74) is 3.87. The second kappa shape index (κ2) is 8.51. The van der Waals surface area contributed by atoms with Crippen LogP contribution in [0.5, 0.6) is 0 Å². The van der Waals surface area contributed by atoms with Crippen LogP contribution in [0.3, 0.4) is 0 Å². The third kappa shape index (κ3) is 4.45. The van der Waals surface area contributed by atoms with Crippen LogP contribution in [0.15, 0.2) is 66.7 Å². The molecule has 140 valence electrons. The molecule has 1 fully saturated rings. The first-order valence-electron chi connectivity index (χ1n) is 9.42. The number of nitrogens with one attached hydrogen (secondary N) is 1. The van der Waals surface area contributed by atoms with Crippen LogP contribution in [-0.4, -0.2) is 41.3 Å². The van der Waals surface area contributed by atoms with Crippen molar-refractivity contribution in [1.29, 1.82) is 5.26 Å². The van der Waals surface area contributed by atoms with Gasteiger partial charge in [0.05, 0.1) is 0 Å². The summed E-state index contributed by atoms with van der Waals surface area (Å²) < 4.78 is 0. The summed E-state index contributed by atoms with van der Waals surface area (Å²) in [5, 5.41) is 19.8. The van der Waals surface area contributed by atoms with E-state index in [4.69, 9.17) is 5.26 Å². The molecule has 1 aliphatic heterocycles. The molecule has 0 saturated carbocycles. The Morgan fingerprint density at radius 3 is 2.25 bits per heavy atom. The lowest BCUT2D eigenvalue weighted by Gasteiger charge is -2.36. The first-order chi connectivity index (χ1) is 13.8. The molecule has 0 bridgehead atoms. The van der Waals surface area contributed by atoms with Gasteiger partial charge in [0.25, 0.3) is 0 Å². The molecule has 0 spiro atoms. The summed E-state index contributed by atoms with van der Waals surface area (Å²) in [6, 6.07) is 24.4. The number of rotatable bonds is 5. The molecule has 3 aromatic rings. The zero-order valence-corrected chi connectivity index (χ0v) is 15.6. The Morgan fingerprint density at radius 1 is 0.857 bits per heavy atom. The molecule has 0 atom stereocenters. The van der Waals surface area contributed by atoms with Crippen molar-refractivity contribution in [1.82, 2.24) is 15.1 Å². The number of anilines is 3. The number of hydrogen-bond donors (Lipinski definition) is 1. The minimum atomic E-state index is 0.312. The second-order valence-corrected chi connectivity index (χ2v) is 6.84. The van der Waals surface area contributed by atoms with Crippen LogP contribution in [0.2, 0.25) is 0 Å². The lowest BCUT2D eigenvalue weighted by molar-refractivity contribution is 0.250. The van der Waals surface area contributed by atoms with Gasteiger partial charge in [-0.2, -0.15) is 5.26 Å². The highest BCUT2D eigenvalue weighted by atomic mass is 15.3. The van der Waals surface area contributed by atoms with Gasteiger partial charge in [0.2, 0.25) is 0 Å². The quantitative estimate of drug-likeness (QED) is 0.742. The molecule has 1 aliphatic rings. The standard InChI is InChI=1S/C22H22N6/c23-16-20-8-11-22(26-25-20)24-19-6-9-21(10-7-19)28-14-12-27(13-15-28)17-18-4-2-1-3-5-18/h1-11H,12-15,17H2,(H,24,26). The Morgan fingerprint density at radius 2 is 1.61 bits per heavy atom. The fourth-order valence-electron chi connectivity index (χ4n) is 3.37. The van der Waals surface area contributed by atoms with Crippen molar-refractivity contribution in [3.63, 3.8) is 0 Å². The Bertz CT molecular complexity index is 924. The molecule has 1 saturated heterocycles. The number of piperazine rings is 1. The van der Waals surface area contributed by atoms with Crippen molar-refractivity contribution in [2.45, 2.75) is 6.54 Å². The normalized spacial score (nSPS) is 14.5. The summed E-state index contributed by atoms with van der Waals surface area (Å²) in [6.07, 6.45) is 0. The number of nitrogens with zero attached hydrogens (tertiary/aromatic N) is 5. The number of aromatic nitrogens is 2. The first-order valence-corrected chi connectivity index (χ1v) is 9.42. The van der Waals surface area contributed by atoms with Crippen LogP contribution < -0.4 is 10.2 Å². The Kier molecular flexibility index (Phi) is 5.46. The van der Waals surface area contributed by atoms with E-state index in [0.717, 1.165) is 38.4 Å². The van der Waals surface area contributed by atoms with Crippen LogP contribution in [0, 0.1) is 11.3 Å². The van der Waals surface area contributed by atoms with Gasteiger partial charge in [0, 0.05) is 44.1 Å². The number of hydrogen-bond acceptors (Lipinski definition) is 6. The van der Waals surface area contributed by atoms with Gasteiger partial charge in [0.1, 0.15) is 6.07 Å². The molecule has 1 N–H and O–H groups in total. The summed E-state index contributed by atoms with van der Waals surface area (Å²) in [4.78, 5) is 4.93. The molecule has 2 aromatic carbocycles. The highest BCUT2D eigenvalue weighted by Crippen LogP contribution is 2.22. The molecule has 0 aliphatic carbocycles. The van der Waals surface area contributed by atoms with Gasteiger partial charge in [-0.25, -0.2) is 0 Å². The SMILES string of the molecule is N#Cc1ccc(Nc2ccc(N3CCN(Cc4ccccc4)CC3)cc2)nn1. The zero-order chi connectivity index (χ0) is 19.2. The fourth-order valence-corrected chi connectivity index (χ4v) is 3.37. The Balaban J connectivity index is 1.31. The molecular formula is C22H22N6. The predicted octanol–water partition coefficient (Wildman–Crippen LogP) is 3.41. The van der Waals surface area contributed by atoms with E-state index in [1.165, 1.54) is 11.3 Å². The lowest BCUT2D eigenvalue weighted by atomic mass is 10.2. The van der Waals surface area contributed by atoms with E-state index >= 15 is 0 Å². The molecule has 4 rings (SSSR count). The van der Waals surface area contributed by atoms with Crippen molar-refractivity contribution in [3.8, 4) is 6.07 Å². The van der Waals surface area contributed by atoms with Gasteiger partial charge in [-0.1, -0.05) is 30.3 Å². The molecule has 6 heteroatoms. The Labute approximate surface area is 165 Å². The maximum absolute atomic E-state index is 8.78. The number of benzene rings is 2. The van der Waals surface area contributed by atoms with Crippen molar-refractivity contribution >= 4 is 17.2 Å². The van der Waals surface area contributed by atoms with Crippen LogP contribution in [-0.2, 0) is 6.54 Å². The molecule has 6 nitrogen and oxygen atoms in total. The number of nitriles is 1. The summed E-state index contributed by atoms with van der Waals surface area (Å²) in [5.74, 6) is 0.626. The zero-order valence-electron chi connectivity index (χ0n) is 15.6. The van der Waals surface area contributed by atoms with Crippen molar-refractivity contribution in [2.75, 3.05) is 36.4 Å². The second-order valence-electron chi connectivity index (χ2n) is 6.84. The third-order valence-corrected chi connectivity index (χ3v) is 4.91. The van der Waals surface area contributed by atoms with Gasteiger partial charge in [-0.3, -0.25) is 4.90 Å². The molecule has 0 amide bonds. The third-order valence-electron chi connectivity index (χ3n) is 4.91. The Hall–Kier alpha value is -3.43. The van der Waals surface area contributed by atoms with E-state index in [1.807, 2.05) is 18.2 Å². The van der Waals surface area contributed by atoms with Gasteiger partial charge >= 0.3 is 0 Å². The van der Waals surface area contributed by atoms with Gasteiger partial charge < -0.3 is 10.2 Å². The first kappa shape index (κ1) is 18.0. The van der Waals surface area contributed by atoms with Crippen molar-refractivity contribution < 1.29 is 0 Å². The van der Waals surface area contributed by atoms with Crippen LogP contribution >= 0.6 is 0 Å². The van der Waals surface area contributed by atoms with Crippen LogP contribution in [0.25, 0.3) is 0 Å². The minimum absolute atomic E-state index is 0.312. The molecule has 2 heterocycles. The van der Waals surface area contributed by atoms with E-state index in [0.29, 0.717) is 11.5 Å². The van der Waals surface area contributed by atoms with Crippen LogP contribution in [0.4, 0.5) is 17.2 Å². The smallest absolute Gasteiger partial charge is 0.163 e. The average Bonchev–Trinajstić information content (AvgIpc) is 2.76. The fraction of sp³-hybridized carbons (Fsp3) is 0.227. The minimum Gasteiger partial charge on any atom is -0.369 e. The van der Waals surface area contributed by atoms with Crippen molar-refractivity contribution in [3.05, 3.63) is 78.0 Å². The topological polar surface area (TPSA) is 68.1 Å². The molecule has 28 heavy (non-hydrogen) atoms. The van der Waals surface area contributed by atoms with Gasteiger partial charge in [0.15, 0.2) is 11.5 Å². The van der Waals surface area contributed by atoms with Crippen molar-refractivity contribution in [2.24, 2.45) is 0 Å². The molecule has 0 radical (unpaired) electrons. The monoisotopic (exact) mass is 370 g/mol. The largest absolute Gasteiger partial charge is 0.369 e. The lowest BCUT2D eigenvalue weighted by Crippen LogP contribution is -2.45. The summed E-state index contributed by atoms with van der Waals surface area (Å²) >= 11 is 0.